The third-order valence-electron chi connectivity index (χ3n) is 6.94. The van der Waals surface area contributed by atoms with Crippen molar-refractivity contribution in [3.63, 3.8) is 0 Å². The lowest BCUT2D eigenvalue weighted by molar-refractivity contribution is -0.122. The second kappa shape index (κ2) is 5.04. The van der Waals surface area contributed by atoms with Gasteiger partial charge in [0.05, 0.1) is 17.5 Å². The van der Waals surface area contributed by atoms with Crippen LogP contribution in [0.25, 0.3) is 0 Å². The summed E-state index contributed by atoms with van der Waals surface area (Å²) < 4.78 is 0. The van der Waals surface area contributed by atoms with E-state index in [0.29, 0.717) is 18.5 Å². The van der Waals surface area contributed by atoms with Gasteiger partial charge in [0.2, 0.25) is 11.8 Å². The van der Waals surface area contributed by atoms with Crippen molar-refractivity contribution in [2.24, 2.45) is 11.8 Å². The Kier molecular flexibility index (Phi) is 3.33. The van der Waals surface area contributed by atoms with Gasteiger partial charge in [0.15, 0.2) is 0 Å². The molecule has 1 fully saturated rings. The molecule has 2 unspecified atom stereocenters. The third-order valence-corrected chi connectivity index (χ3v) is 6.94. The fourth-order valence-corrected chi connectivity index (χ4v) is 5.10. The molecule has 1 aliphatic carbocycles. The number of carbonyl (C=O) groups is 2. The molecule has 25 heavy (non-hydrogen) atoms. The van der Waals surface area contributed by atoms with Gasteiger partial charge in [0, 0.05) is 11.1 Å². The van der Waals surface area contributed by atoms with Crippen molar-refractivity contribution in [3.8, 4) is 0 Å². The number of fused-ring (bicyclic) bond motifs is 1. The number of para-hydroxylation sites is 1. The molecule has 4 rings (SSSR count). The van der Waals surface area contributed by atoms with E-state index in [-0.39, 0.29) is 34.7 Å². The smallest absolute Gasteiger partial charge is 0.238 e. The van der Waals surface area contributed by atoms with Gasteiger partial charge in [-0.1, -0.05) is 18.2 Å². The summed E-state index contributed by atoms with van der Waals surface area (Å²) in [6.45, 7) is 8.92. The summed E-state index contributed by atoms with van der Waals surface area (Å²) in [7, 11) is 2.15. The zero-order chi connectivity index (χ0) is 18.1. The predicted octanol–water partition coefficient (Wildman–Crippen LogP) is 3.39. The Bertz CT molecular complexity index is 745. The molecule has 0 saturated carbocycles. The summed E-state index contributed by atoms with van der Waals surface area (Å²) in [5, 5.41) is 0. The minimum Gasteiger partial charge on any atom is -0.289 e. The van der Waals surface area contributed by atoms with Gasteiger partial charge in [-0.3, -0.25) is 19.4 Å². The summed E-state index contributed by atoms with van der Waals surface area (Å²) in [5.41, 5.74) is 3.26. The van der Waals surface area contributed by atoms with Gasteiger partial charge in [-0.2, -0.15) is 0 Å². The zero-order valence-electron chi connectivity index (χ0n) is 15.7. The van der Waals surface area contributed by atoms with Crippen LogP contribution in [0.3, 0.4) is 0 Å². The molecule has 2 aliphatic heterocycles. The van der Waals surface area contributed by atoms with Crippen LogP contribution in [0.2, 0.25) is 0 Å². The fourth-order valence-electron chi connectivity index (χ4n) is 5.10. The molecule has 4 nitrogen and oxygen atoms in total. The predicted molar refractivity (Wildman–Crippen MR) is 98.1 cm³/mol. The number of amides is 2. The van der Waals surface area contributed by atoms with Gasteiger partial charge in [0.25, 0.3) is 0 Å². The molecule has 132 valence electrons. The lowest BCUT2D eigenvalue weighted by atomic mass is 9.71. The molecule has 0 N–H and O–H groups in total. The topological polar surface area (TPSA) is 40.6 Å². The quantitative estimate of drug-likeness (QED) is 0.582. The van der Waals surface area contributed by atoms with Crippen LogP contribution in [0.4, 0.5) is 5.69 Å². The Hall–Kier alpha value is -1.94. The Morgan fingerprint density at radius 3 is 1.72 bits per heavy atom. The average molecular weight is 338 g/mol. The van der Waals surface area contributed by atoms with Crippen molar-refractivity contribution in [2.45, 2.75) is 51.6 Å². The monoisotopic (exact) mass is 338 g/mol. The number of benzene rings is 1. The van der Waals surface area contributed by atoms with E-state index >= 15 is 0 Å². The van der Waals surface area contributed by atoms with Crippen molar-refractivity contribution in [1.82, 2.24) is 4.90 Å². The first-order chi connectivity index (χ1) is 11.7. The summed E-state index contributed by atoms with van der Waals surface area (Å²) in [5.74, 6) is -0.493. The number of hydrogen-bond donors (Lipinski definition) is 0. The largest absolute Gasteiger partial charge is 0.289 e. The highest BCUT2D eigenvalue weighted by Crippen LogP contribution is 2.54. The number of hydrogen-bond acceptors (Lipinski definition) is 3. The van der Waals surface area contributed by atoms with Gasteiger partial charge in [0.1, 0.15) is 0 Å². The van der Waals surface area contributed by atoms with Gasteiger partial charge < -0.3 is 0 Å². The minimum atomic E-state index is -0.215. The molecule has 3 aliphatic rings. The molecule has 1 aromatic rings. The van der Waals surface area contributed by atoms with Crippen LogP contribution in [-0.4, -0.2) is 34.8 Å². The maximum absolute atomic E-state index is 13.1. The minimum absolute atomic E-state index is 0.0316. The fraction of sp³-hybridized carbons (Fsp3) is 0.524. The zero-order valence-corrected chi connectivity index (χ0v) is 15.7. The van der Waals surface area contributed by atoms with Crippen LogP contribution in [0.5, 0.6) is 0 Å². The van der Waals surface area contributed by atoms with Crippen LogP contribution in [0, 0.1) is 11.8 Å². The first-order valence-corrected chi connectivity index (χ1v) is 9.07. The molecule has 2 heterocycles. The van der Waals surface area contributed by atoms with E-state index < -0.39 is 0 Å². The van der Waals surface area contributed by atoms with E-state index in [1.807, 2.05) is 30.3 Å². The standard InChI is InChI=1S/C21H26N2O2/c1-20(2)16-11-14-15(12-17(16)21(3,4)22(20)5)19(25)23(18(14)24)13-9-7-6-8-10-13/h6-10,14-15H,11-12H2,1-5H3. The Morgan fingerprint density at radius 2 is 1.28 bits per heavy atom. The van der Waals surface area contributed by atoms with Gasteiger partial charge in [-0.15, -0.1) is 0 Å². The molecule has 1 aromatic carbocycles. The SMILES string of the molecule is CN1C(C)(C)C2=C(CC3C(=O)N(c4ccccc4)C(=O)C3C2)C1(C)C. The van der Waals surface area contributed by atoms with E-state index in [9.17, 15) is 9.59 Å². The van der Waals surface area contributed by atoms with Gasteiger partial charge in [-0.25, -0.2) is 0 Å². The number of carbonyl (C=O) groups excluding carboxylic acids is 2. The third kappa shape index (κ3) is 2.03. The summed E-state index contributed by atoms with van der Waals surface area (Å²) in [4.78, 5) is 29.9. The van der Waals surface area contributed by atoms with Crippen LogP contribution in [0.1, 0.15) is 40.5 Å². The summed E-state index contributed by atoms with van der Waals surface area (Å²) >= 11 is 0. The molecule has 2 amide bonds. The lowest BCUT2D eigenvalue weighted by Gasteiger charge is -2.39. The van der Waals surface area contributed by atoms with Gasteiger partial charge in [-0.05, 0) is 70.9 Å². The highest BCUT2D eigenvalue weighted by atomic mass is 16.2. The van der Waals surface area contributed by atoms with E-state index in [2.05, 4.69) is 39.6 Å². The van der Waals surface area contributed by atoms with Crippen molar-refractivity contribution in [3.05, 3.63) is 41.5 Å². The normalized spacial score (nSPS) is 30.7. The molecular weight excluding hydrogens is 312 g/mol. The van der Waals surface area contributed by atoms with Crippen LogP contribution in [-0.2, 0) is 9.59 Å². The Labute approximate surface area is 149 Å². The lowest BCUT2D eigenvalue weighted by Crippen LogP contribution is -2.48. The summed E-state index contributed by atoms with van der Waals surface area (Å²) in [6.07, 6.45) is 1.41. The van der Waals surface area contributed by atoms with E-state index in [0.717, 1.165) is 0 Å². The molecular formula is C21H26N2O2. The highest BCUT2D eigenvalue weighted by molar-refractivity contribution is 6.22. The van der Waals surface area contributed by atoms with Crippen molar-refractivity contribution >= 4 is 17.5 Å². The van der Waals surface area contributed by atoms with Crippen molar-refractivity contribution in [2.75, 3.05) is 11.9 Å². The van der Waals surface area contributed by atoms with E-state index in [1.165, 1.54) is 16.0 Å². The van der Waals surface area contributed by atoms with Crippen LogP contribution in [0.15, 0.2) is 41.5 Å². The summed E-state index contributed by atoms with van der Waals surface area (Å²) in [6, 6.07) is 9.33. The molecule has 0 bridgehead atoms. The van der Waals surface area contributed by atoms with Crippen LogP contribution < -0.4 is 4.90 Å². The number of anilines is 1. The number of nitrogens with zero attached hydrogens (tertiary/aromatic N) is 2. The molecule has 1 saturated heterocycles. The maximum Gasteiger partial charge on any atom is 0.238 e. The second-order valence-corrected chi connectivity index (χ2v) is 8.60. The number of likely N-dealkylation sites (N-methyl/N-ethyl adjacent to an activating group) is 1. The van der Waals surface area contributed by atoms with Gasteiger partial charge >= 0.3 is 0 Å². The van der Waals surface area contributed by atoms with Crippen molar-refractivity contribution in [1.29, 1.82) is 0 Å². The molecule has 0 aromatic heterocycles. The Morgan fingerprint density at radius 1 is 0.840 bits per heavy atom. The second-order valence-electron chi connectivity index (χ2n) is 8.60. The van der Waals surface area contributed by atoms with E-state index in [1.54, 1.807) is 0 Å². The number of rotatable bonds is 1. The average Bonchev–Trinajstić information content (AvgIpc) is 2.90. The molecule has 0 radical (unpaired) electrons. The molecule has 0 spiro atoms. The first-order valence-electron chi connectivity index (χ1n) is 9.07. The Balaban J connectivity index is 1.74. The molecule has 4 heteroatoms. The number of imide groups is 1. The van der Waals surface area contributed by atoms with Crippen LogP contribution >= 0.6 is 0 Å². The molecule has 2 atom stereocenters. The first kappa shape index (κ1) is 16.5. The van der Waals surface area contributed by atoms with Crippen molar-refractivity contribution < 1.29 is 9.59 Å². The highest BCUT2D eigenvalue weighted by Gasteiger charge is 2.57. The van der Waals surface area contributed by atoms with E-state index in [4.69, 9.17) is 0 Å². The maximum atomic E-state index is 13.1.